The van der Waals surface area contributed by atoms with Gasteiger partial charge in [-0.2, -0.15) is 0 Å². The lowest BCUT2D eigenvalue weighted by molar-refractivity contribution is 0.905. The van der Waals surface area contributed by atoms with E-state index in [0.717, 1.165) is 21.7 Å². The second-order valence-electron chi connectivity index (χ2n) is 4.09. The summed E-state index contributed by atoms with van der Waals surface area (Å²) in [5.74, 6) is 0. The van der Waals surface area contributed by atoms with Gasteiger partial charge in [0.05, 0.1) is 0 Å². The zero-order valence-corrected chi connectivity index (χ0v) is 11.2. The van der Waals surface area contributed by atoms with Gasteiger partial charge < -0.3 is 10.7 Å². The SMILES string of the molecule is Cc1cc(=O)[nH]c(Sc2ccc(CN)c(C)c2)n1. The zero-order chi connectivity index (χ0) is 13.1. The van der Waals surface area contributed by atoms with Crippen molar-refractivity contribution < 1.29 is 0 Å². The van der Waals surface area contributed by atoms with Crippen LogP contribution in [-0.2, 0) is 6.54 Å². The Bertz CT molecular complexity index is 622. The van der Waals surface area contributed by atoms with Crippen LogP contribution in [0.5, 0.6) is 0 Å². The van der Waals surface area contributed by atoms with Crippen molar-refractivity contribution in [3.05, 3.63) is 51.4 Å². The average Bonchev–Trinajstić information content (AvgIpc) is 2.27. The maximum Gasteiger partial charge on any atom is 0.251 e. The Morgan fingerprint density at radius 2 is 2.11 bits per heavy atom. The van der Waals surface area contributed by atoms with Crippen LogP contribution in [0.1, 0.15) is 16.8 Å². The summed E-state index contributed by atoms with van der Waals surface area (Å²) in [6.45, 7) is 4.37. The minimum atomic E-state index is -0.125. The molecule has 94 valence electrons. The van der Waals surface area contributed by atoms with E-state index in [1.54, 1.807) is 0 Å². The average molecular weight is 261 g/mol. The van der Waals surface area contributed by atoms with Crippen LogP contribution in [0.25, 0.3) is 0 Å². The van der Waals surface area contributed by atoms with Crippen molar-refractivity contribution in [3.63, 3.8) is 0 Å². The minimum absolute atomic E-state index is 0.125. The molecule has 0 saturated carbocycles. The van der Waals surface area contributed by atoms with Crippen LogP contribution in [0.3, 0.4) is 0 Å². The molecule has 0 spiro atoms. The van der Waals surface area contributed by atoms with E-state index in [1.807, 2.05) is 26.0 Å². The number of rotatable bonds is 3. The number of nitrogens with one attached hydrogen (secondary N) is 1. The molecule has 1 aromatic heterocycles. The smallest absolute Gasteiger partial charge is 0.251 e. The highest BCUT2D eigenvalue weighted by molar-refractivity contribution is 7.99. The second kappa shape index (κ2) is 5.37. The molecule has 1 aromatic carbocycles. The van der Waals surface area contributed by atoms with Crippen LogP contribution < -0.4 is 11.3 Å². The summed E-state index contributed by atoms with van der Waals surface area (Å²) in [6, 6.07) is 7.52. The zero-order valence-electron chi connectivity index (χ0n) is 10.4. The third kappa shape index (κ3) is 3.00. The maximum absolute atomic E-state index is 11.3. The first-order valence-corrected chi connectivity index (χ1v) is 6.45. The molecule has 2 rings (SSSR count). The molecule has 0 amide bonds. The molecule has 18 heavy (non-hydrogen) atoms. The van der Waals surface area contributed by atoms with Crippen molar-refractivity contribution in [1.29, 1.82) is 0 Å². The number of H-pyrrole nitrogens is 1. The summed E-state index contributed by atoms with van der Waals surface area (Å²) in [6.07, 6.45) is 0. The van der Waals surface area contributed by atoms with E-state index in [0.29, 0.717) is 11.7 Å². The fourth-order valence-electron chi connectivity index (χ4n) is 1.67. The Hall–Kier alpha value is -1.59. The van der Waals surface area contributed by atoms with E-state index in [-0.39, 0.29) is 5.56 Å². The van der Waals surface area contributed by atoms with Crippen molar-refractivity contribution in [2.75, 3.05) is 0 Å². The first-order valence-electron chi connectivity index (χ1n) is 5.64. The highest BCUT2D eigenvalue weighted by Gasteiger charge is 2.03. The summed E-state index contributed by atoms with van der Waals surface area (Å²) in [5, 5.41) is 0.611. The molecule has 4 nitrogen and oxygen atoms in total. The third-order valence-corrected chi connectivity index (χ3v) is 3.47. The Morgan fingerprint density at radius 1 is 1.33 bits per heavy atom. The van der Waals surface area contributed by atoms with Crippen LogP contribution in [0.4, 0.5) is 0 Å². The van der Waals surface area contributed by atoms with Gasteiger partial charge in [0.1, 0.15) is 0 Å². The number of aryl methyl sites for hydroxylation is 2. The van der Waals surface area contributed by atoms with Crippen LogP contribution >= 0.6 is 11.8 Å². The molecule has 0 radical (unpaired) electrons. The summed E-state index contributed by atoms with van der Waals surface area (Å²) in [5.41, 5.74) is 8.50. The molecular formula is C13H15N3OS. The molecule has 0 fully saturated rings. The Labute approximate surface area is 110 Å². The predicted octanol–water partition coefficient (Wildman–Crippen LogP) is 2.00. The maximum atomic E-state index is 11.3. The number of aromatic nitrogens is 2. The highest BCUT2D eigenvalue weighted by atomic mass is 32.2. The van der Waals surface area contributed by atoms with E-state index in [4.69, 9.17) is 5.73 Å². The van der Waals surface area contributed by atoms with E-state index >= 15 is 0 Å². The Balaban J connectivity index is 2.28. The monoisotopic (exact) mass is 261 g/mol. The molecule has 0 atom stereocenters. The van der Waals surface area contributed by atoms with Gasteiger partial charge in [-0.3, -0.25) is 4.79 Å². The van der Waals surface area contributed by atoms with E-state index in [2.05, 4.69) is 16.0 Å². The van der Waals surface area contributed by atoms with Gasteiger partial charge in [-0.15, -0.1) is 0 Å². The van der Waals surface area contributed by atoms with Gasteiger partial charge >= 0.3 is 0 Å². The number of nitrogens with two attached hydrogens (primary N) is 1. The molecule has 0 unspecified atom stereocenters. The second-order valence-corrected chi connectivity index (χ2v) is 5.15. The summed E-state index contributed by atoms with van der Waals surface area (Å²) >= 11 is 1.44. The number of benzene rings is 1. The lowest BCUT2D eigenvalue weighted by atomic mass is 10.1. The fourth-order valence-corrected chi connectivity index (χ4v) is 2.61. The minimum Gasteiger partial charge on any atom is -0.326 e. The van der Waals surface area contributed by atoms with Gasteiger partial charge in [0.15, 0.2) is 5.16 Å². The molecule has 0 bridgehead atoms. The quantitative estimate of drug-likeness (QED) is 0.829. The number of hydrogen-bond acceptors (Lipinski definition) is 4. The molecule has 0 aliphatic carbocycles. The van der Waals surface area contributed by atoms with Gasteiger partial charge in [-0.05, 0) is 37.1 Å². The molecular weight excluding hydrogens is 246 g/mol. The van der Waals surface area contributed by atoms with Crippen molar-refractivity contribution in [3.8, 4) is 0 Å². The normalized spacial score (nSPS) is 10.6. The summed E-state index contributed by atoms with van der Waals surface area (Å²) in [7, 11) is 0. The topological polar surface area (TPSA) is 71.8 Å². The van der Waals surface area contributed by atoms with Gasteiger partial charge in [-0.1, -0.05) is 17.8 Å². The first-order chi connectivity index (χ1) is 8.58. The fraction of sp³-hybridized carbons (Fsp3) is 0.231. The Kier molecular flexibility index (Phi) is 3.84. The van der Waals surface area contributed by atoms with Crippen LogP contribution in [0.15, 0.2) is 39.1 Å². The van der Waals surface area contributed by atoms with Crippen LogP contribution in [-0.4, -0.2) is 9.97 Å². The first kappa shape index (κ1) is 12.9. The van der Waals surface area contributed by atoms with Crippen molar-refractivity contribution in [2.45, 2.75) is 30.4 Å². The third-order valence-electron chi connectivity index (χ3n) is 2.60. The van der Waals surface area contributed by atoms with E-state index in [1.165, 1.54) is 17.8 Å². The van der Waals surface area contributed by atoms with Gasteiger partial charge in [0.2, 0.25) is 0 Å². The summed E-state index contributed by atoms with van der Waals surface area (Å²) in [4.78, 5) is 19.4. The van der Waals surface area contributed by atoms with E-state index < -0.39 is 0 Å². The molecule has 0 aliphatic heterocycles. The highest BCUT2D eigenvalue weighted by Crippen LogP contribution is 2.25. The standard InChI is InChI=1S/C13H15N3OS/c1-8-5-11(4-3-10(8)7-14)18-13-15-9(2)6-12(17)16-13/h3-6H,7,14H2,1-2H3,(H,15,16,17). The van der Waals surface area contributed by atoms with Gasteiger partial charge in [-0.25, -0.2) is 4.98 Å². The molecule has 0 saturated heterocycles. The van der Waals surface area contributed by atoms with Crippen LogP contribution in [0.2, 0.25) is 0 Å². The van der Waals surface area contributed by atoms with Crippen molar-refractivity contribution >= 4 is 11.8 Å². The number of aromatic amines is 1. The van der Waals surface area contributed by atoms with Gasteiger partial charge in [0, 0.05) is 23.2 Å². The predicted molar refractivity (Wildman–Crippen MR) is 72.8 cm³/mol. The Morgan fingerprint density at radius 3 is 2.72 bits per heavy atom. The molecule has 0 aliphatic rings. The van der Waals surface area contributed by atoms with Crippen molar-refractivity contribution in [2.24, 2.45) is 5.73 Å². The molecule has 2 aromatic rings. The summed E-state index contributed by atoms with van der Waals surface area (Å²) < 4.78 is 0. The van der Waals surface area contributed by atoms with Crippen LogP contribution in [0, 0.1) is 13.8 Å². The molecule has 5 heteroatoms. The number of nitrogens with zero attached hydrogens (tertiary/aromatic N) is 1. The van der Waals surface area contributed by atoms with Crippen molar-refractivity contribution in [1.82, 2.24) is 9.97 Å². The largest absolute Gasteiger partial charge is 0.326 e. The van der Waals surface area contributed by atoms with E-state index in [9.17, 15) is 4.79 Å². The molecule has 3 N–H and O–H groups in total. The van der Waals surface area contributed by atoms with Gasteiger partial charge in [0.25, 0.3) is 5.56 Å². The molecule has 1 heterocycles. The lowest BCUT2D eigenvalue weighted by Crippen LogP contribution is -2.07. The number of hydrogen-bond donors (Lipinski definition) is 2. The lowest BCUT2D eigenvalue weighted by Gasteiger charge is -2.06.